The molecule has 4 amide bonds. The van der Waals surface area contributed by atoms with E-state index in [1.165, 1.54) is 24.2 Å². The molecule has 0 spiro atoms. The van der Waals surface area contributed by atoms with Gasteiger partial charge in [-0.25, -0.2) is 4.79 Å². The van der Waals surface area contributed by atoms with Crippen LogP contribution in [-0.4, -0.2) is 53.5 Å². The van der Waals surface area contributed by atoms with Crippen LogP contribution in [0.4, 0.5) is 4.79 Å². The monoisotopic (exact) mass is 406 g/mol. The van der Waals surface area contributed by atoms with Crippen LogP contribution in [0, 0.1) is 17.8 Å². The smallest absolute Gasteiger partial charge is 0.315 e. The van der Waals surface area contributed by atoms with E-state index < -0.39 is 0 Å². The summed E-state index contributed by atoms with van der Waals surface area (Å²) < 4.78 is 0. The fourth-order valence-corrected chi connectivity index (χ4v) is 6.00. The molecule has 4 saturated carbocycles. The van der Waals surface area contributed by atoms with Gasteiger partial charge in [-0.3, -0.25) is 9.59 Å². The van der Waals surface area contributed by atoms with E-state index in [1.807, 2.05) is 27.7 Å². The number of hydrogen-bond donors (Lipinski definition) is 3. The molecule has 4 rings (SSSR count). The minimum absolute atomic E-state index is 0.0245. The summed E-state index contributed by atoms with van der Waals surface area (Å²) in [6, 6.07) is -0.159. The molecule has 0 unspecified atom stereocenters. The molecule has 0 atom stereocenters. The third-order valence-corrected chi connectivity index (χ3v) is 6.62. The lowest BCUT2D eigenvalue weighted by Crippen LogP contribution is -2.61. The Morgan fingerprint density at radius 1 is 1.00 bits per heavy atom. The SMILES string of the molecule is CCN(CC(=O)NC(C)(C)C)C(=O)CCNC(=O)NC12CC3CC(CC(C3)C1)C2. The summed E-state index contributed by atoms with van der Waals surface area (Å²) in [7, 11) is 0. The summed E-state index contributed by atoms with van der Waals surface area (Å²) in [4.78, 5) is 38.5. The predicted molar refractivity (Wildman–Crippen MR) is 112 cm³/mol. The summed E-state index contributed by atoms with van der Waals surface area (Å²) in [6.07, 6.45) is 7.55. The predicted octanol–water partition coefficient (Wildman–Crippen LogP) is 2.41. The van der Waals surface area contributed by atoms with E-state index >= 15 is 0 Å². The molecule has 0 aromatic heterocycles. The van der Waals surface area contributed by atoms with Crippen molar-refractivity contribution in [2.24, 2.45) is 17.8 Å². The minimum Gasteiger partial charge on any atom is -0.350 e. The second kappa shape index (κ2) is 8.52. The molecular weight excluding hydrogens is 368 g/mol. The molecule has 4 bridgehead atoms. The van der Waals surface area contributed by atoms with Crippen molar-refractivity contribution >= 4 is 17.8 Å². The van der Waals surface area contributed by atoms with Gasteiger partial charge < -0.3 is 20.9 Å². The first-order valence-corrected chi connectivity index (χ1v) is 11.2. The molecule has 4 aliphatic carbocycles. The molecule has 164 valence electrons. The molecule has 7 heteroatoms. The second-order valence-corrected chi connectivity index (χ2v) is 10.5. The number of likely N-dealkylation sites (N-methyl/N-ethyl adjacent to an activating group) is 1. The lowest BCUT2D eigenvalue weighted by atomic mass is 9.53. The quantitative estimate of drug-likeness (QED) is 0.606. The molecule has 4 fully saturated rings. The molecule has 0 saturated heterocycles. The van der Waals surface area contributed by atoms with E-state index in [9.17, 15) is 14.4 Å². The first kappa shape index (κ1) is 21.9. The van der Waals surface area contributed by atoms with Crippen molar-refractivity contribution in [2.75, 3.05) is 19.6 Å². The average molecular weight is 407 g/mol. The summed E-state index contributed by atoms with van der Waals surface area (Å²) >= 11 is 0. The highest BCUT2D eigenvalue weighted by atomic mass is 16.2. The van der Waals surface area contributed by atoms with Gasteiger partial charge in [0.2, 0.25) is 11.8 Å². The van der Waals surface area contributed by atoms with Crippen molar-refractivity contribution in [3.63, 3.8) is 0 Å². The molecule has 0 aromatic rings. The maximum Gasteiger partial charge on any atom is 0.315 e. The average Bonchev–Trinajstić information content (AvgIpc) is 2.56. The largest absolute Gasteiger partial charge is 0.350 e. The van der Waals surface area contributed by atoms with E-state index in [4.69, 9.17) is 0 Å². The fraction of sp³-hybridized carbons (Fsp3) is 0.864. The van der Waals surface area contributed by atoms with Gasteiger partial charge in [0.05, 0.1) is 6.54 Å². The Morgan fingerprint density at radius 2 is 1.55 bits per heavy atom. The van der Waals surface area contributed by atoms with Gasteiger partial charge in [-0.05, 0) is 84.0 Å². The van der Waals surface area contributed by atoms with Crippen LogP contribution in [0.3, 0.4) is 0 Å². The van der Waals surface area contributed by atoms with Crippen molar-refractivity contribution in [3.05, 3.63) is 0 Å². The molecule has 3 N–H and O–H groups in total. The third-order valence-electron chi connectivity index (χ3n) is 6.62. The van der Waals surface area contributed by atoms with Gasteiger partial charge in [0, 0.05) is 30.6 Å². The zero-order chi connectivity index (χ0) is 21.2. The lowest BCUT2D eigenvalue weighted by Gasteiger charge is -2.56. The van der Waals surface area contributed by atoms with Gasteiger partial charge >= 0.3 is 6.03 Å². The Labute approximate surface area is 174 Å². The summed E-state index contributed by atoms with van der Waals surface area (Å²) in [5.41, 5.74) is -0.347. The van der Waals surface area contributed by atoms with Gasteiger partial charge in [-0.15, -0.1) is 0 Å². The van der Waals surface area contributed by atoms with Crippen molar-refractivity contribution in [2.45, 2.75) is 83.7 Å². The van der Waals surface area contributed by atoms with Crippen LogP contribution in [0.25, 0.3) is 0 Å². The molecule has 7 nitrogen and oxygen atoms in total. The maximum atomic E-state index is 12.5. The first-order valence-electron chi connectivity index (χ1n) is 11.2. The van der Waals surface area contributed by atoms with Gasteiger partial charge in [0.15, 0.2) is 0 Å². The number of urea groups is 1. The van der Waals surface area contributed by atoms with E-state index in [0.29, 0.717) is 6.54 Å². The third kappa shape index (κ3) is 5.86. The molecule has 0 radical (unpaired) electrons. The number of nitrogens with zero attached hydrogens (tertiary/aromatic N) is 1. The minimum atomic E-state index is -0.323. The number of carbonyl (C=O) groups is 3. The molecular formula is C22H38N4O3. The zero-order valence-electron chi connectivity index (χ0n) is 18.5. The molecule has 29 heavy (non-hydrogen) atoms. The normalized spacial score (nSPS) is 30.0. The summed E-state index contributed by atoms with van der Waals surface area (Å²) in [6.45, 7) is 8.39. The highest BCUT2D eigenvalue weighted by Gasteiger charge is 2.51. The van der Waals surface area contributed by atoms with Crippen LogP contribution in [0.2, 0.25) is 0 Å². The Balaban J connectivity index is 1.40. The zero-order valence-corrected chi connectivity index (χ0v) is 18.5. The highest BCUT2D eigenvalue weighted by Crippen LogP contribution is 2.55. The van der Waals surface area contributed by atoms with Crippen molar-refractivity contribution in [1.29, 1.82) is 0 Å². The van der Waals surface area contributed by atoms with Crippen LogP contribution in [0.1, 0.15) is 72.6 Å². The van der Waals surface area contributed by atoms with E-state index in [2.05, 4.69) is 16.0 Å². The van der Waals surface area contributed by atoms with Gasteiger partial charge in [0.25, 0.3) is 0 Å². The van der Waals surface area contributed by atoms with Crippen LogP contribution in [-0.2, 0) is 9.59 Å². The first-order chi connectivity index (χ1) is 13.6. The van der Waals surface area contributed by atoms with Crippen LogP contribution >= 0.6 is 0 Å². The molecule has 0 heterocycles. The fourth-order valence-electron chi connectivity index (χ4n) is 6.00. The van der Waals surface area contributed by atoms with Gasteiger partial charge in [-0.1, -0.05) is 0 Å². The van der Waals surface area contributed by atoms with E-state index in [1.54, 1.807) is 0 Å². The van der Waals surface area contributed by atoms with Crippen LogP contribution < -0.4 is 16.0 Å². The number of hydrogen-bond acceptors (Lipinski definition) is 3. The maximum absolute atomic E-state index is 12.5. The second-order valence-electron chi connectivity index (χ2n) is 10.5. The topological polar surface area (TPSA) is 90.5 Å². The van der Waals surface area contributed by atoms with Gasteiger partial charge in [0.1, 0.15) is 0 Å². The molecule has 4 aliphatic rings. The Bertz CT molecular complexity index is 605. The number of nitrogens with one attached hydrogen (secondary N) is 3. The van der Waals surface area contributed by atoms with Crippen molar-refractivity contribution in [3.8, 4) is 0 Å². The Hall–Kier alpha value is -1.79. The number of carbonyl (C=O) groups excluding carboxylic acids is 3. The summed E-state index contributed by atoms with van der Waals surface area (Å²) in [5, 5.41) is 8.99. The Morgan fingerprint density at radius 3 is 2.03 bits per heavy atom. The van der Waals surface area contributed by atoms with Crippen molar-refractivity contribution < 1.29 is 14.4 Å². The van der Waals surface area contributed by atoms with Gasteiger partial charge in [-0.2, -0.15) is 0 Å². The molecule has 0 aromatic carbocycles. The van der Waals surface area contributed by atoms with E-state index in [-0.39, 0.29) is 48.4 Å². The Kier molecular flexibility index (Phi) is 6.44. The highest BCUT2D eigenvalue weighted by molar-refractivity contribution is 5.85. The summed E-state index contributed by atoms with van der Waals surface area (Å²) in [5.74, 6) is 2.05. The van der Waals surface area contributed by atoms with E-state index in [0.717, 1.165) is 37.0 Å². The number of amides is 4. The lowest BCUT2D eigenvalue weighted by molar-refractivity contribution is -0.136. The van der Waals surface area contributed by atoms with Crippen LogP contribution in [0.15, 0.2) is 0 Å². The van der Waals surface area contributed by atoms with Crippen LogP contribution in [0.5, 0.6) is 0 Å². The molecule has 0 aliphatic heterocycles. The standard InChI is InChI=1S/C22H38N4O3/c1-5-26(14-18(27)24-21(2,3)4)19(28)6-7-23-20(29)25-22-11-15-8-16(12-22)10-17(9-15)13-22/h15-17H,5-14H2,1-4H3,(H,24,27)(H2,23,25,29). The van der Waals surface area contributed by atoms with Crippen molar-refractivity contribution in [1.82, 2.24) is 20.9 Å². The number of rotatable bonds is 7.